The lowest BCUT2D eigenvalue weighted by atomic mass is 9.84. The predicted molar refractivity (Wildman–Crippen MR) is 167 cm³/mol. The van der Waals surface area contributed by atoms with E-state index in [0.717, 1.165) is 30.5 Å². The molecule has 2 rings (SSSR count). The molecule has 0 aliphatic heterocycles. The third-order valence-corrected chi connectivity index (χ3v) is 13.1. The van der Waals surface area contributed by atoms with Gasteiger partial charge in [0.2, 0.25) is 0 Å². The van der Waals surface area contributed by atoms with Crippen LogP contribution < -0.4 is 0 Å². The zero-order chi connectivity index (χ0) is 28.8. The highest BCUT2D eigenvalue weighted by Gasteiger charge is 2.38. The Bertz CT molecular complexity index is 1020. The van der Waals surface area contributed by atoms with Gasteiger partial charge in [0.1, 0.15) is 6.17 Å². The number of pyridine rings is 1. The molecule has 0 spiro atoms. The van der Waals surface area contributed by atoms with E-state index in [1.807, 2.05) is 0 Å². The SMILES string of the molecule is CCCCCc1c(C(C)C)nc(C(C)C)c(CO[Si](C)(C)C(C)(C)C)c1-c1ccc(C(CC)C(C)F)cc1. The Kier molecular flexibility index (Phi) is 11.8. The number of aromatic nitrogens is 1. The van der Waals surface area contributed by atoms with Gasteiger partial charge in [-0.25, -0.2) is 4.39 Å². The zero-order valence-electron chi connectivity index (χ0n) is 26.6. The van der Waals surface area contributed by atoms with Crippen molar-refractivity contribution in [2.75, 3.05) is 0 Å². The van der Waals surface area contributed by atoms with E-state index in [2.05, 4.69) is 99.7 Å². The van der Waals surface area contributed by atoms with Crippen LogP contribution >= 0.6 is 0 Å². The Morgan fingerprint density at radius 1 is 0.868 bits per heavy atom. The van der Waals surface area contributed by atoms with Gasteiger partial charge in [0, 0.05) is 22.9 Å². The molecule has 0 bridgehead atoms. The van der Waals surface area contributed by atoms with Crippen molar-refractivity contribution < 1.29 is 8.82 Å². The first-order valence-corrected chi connectivity index (χ1v) is 18.0. The van der Waals surface area contributed by atoms with Crippen molar-refractivity contribution in [2.24, 2.45) is 0 Å². The molecule has 38 heavy (non-hydrogen) atoms. The van der Waals surface area contributed by atoms with Crippen molar-refractivity contribution >= 4 is 8.32 Å². The smallest absolute Gasteiger partial charge is 0.192 e. The number of halogens is 1. The van der Waals surface area contributed by atoms with E-state index >= 15 is 0 Å². The maximum absolute atomic E-state index is 14.3. The van der Waals surface area contributed by atoms with Crippen LogP contribution in [0.3, 0.4) is 0 Å². The van der Waals surface area contributed by atoms with Gasteiger partial charge in [-0.3, -0.25) is 4.98 Å². The van der Waals surface area contributed by atoms with E-state index < -0.39 is 14.5 Å². The number of benzene rings is 1. The molecule has 0 amide bonds. The lowest BCUT2D eigenvalue weighted by Gasteiger charge is -2.37. The van der Waals surface area contributed by atoms with E-state index in [-0.39, 0.29) is 11.0 Å². The molecule has 214 valence electrons. The average Bonchev–Trinajstić information content (AvgIpc) is 2.82. The van der Waals surface area contributed by atoms with Crippen LogP contribution in [0.4, 0.5) is 4.39 Å². The highest BCUT2D eigenvalue weighted by atomic mass is 28.4. The molecule has 0 saturated carbocycles. The fraction of sp³-hybridized carbons (Fsp3) is 0.676. The number of alkyl halides is 1. The Balaban J connectivity index is 2.82. The van der Waals surface area contributed by atoms with Crippen LogP contribution in [0.1, 0.15) is 141 Å². The van der Waals surface area contributed by atoms with Gasteiger partial charge in [-0.05, 0) is 78.4 Å². The maximum atomic E-state index is 14.3. The van der Waals surface area contributed by atoms with Gasteiger partial charge in [-0.2, -0.15) is 0 Å². The standard InChI is InChI=1S/C34H56FNOSi/c1-13-15-16-17-29-31(27-20-18-26(19-21-27)28(14-2)25(7)35)30(22-37-38(11,12)34(8,9)10)33(24(5)6)36-32(29)23(3)4/h18-21,23-25,28H,13-17,22H2,1-12H3. The number of hydrogen-bond donors (Lipinski definition) is 0. The van der Waals surface area contributed by atoms with Crippen LogP contribution in [-0.4, -0.2) is 19.5 Å². The third-order valence-electron chi connectivity index (χ3n) is 8.59. The summed E-state index contributed by atoms with van der Waals surface area (Å²) in [5.74, 6) is 0.573. The number of rotatable bonds is 13. The van der Waals surface area contributed by atoms with E-state index in [0.29, 0.717) is 18.4 Å². The van der Waals surface area contributed by atoms with E-state index in [1.54, 1.807) is 6.92 Å². The van der Waals surface area contributed by atoms with Gasteiger partial charge in [-0.1, -0.05) is 99.4 Å². The second kappa shape index (κ2) is 13.7. The van der Waals surface area contributed by atoms with Crippen LogP contribution in [0.25, 0.3) is 11.1 Å². The Morgan fingerprint density at radius 2 is 1.42 bits per heavy atom. The summed E-state index contributed by atoms with van der Waals surface area (Å²) in [6, 6.07) is 8.75. The summed E-state index contributed by atoms with van der Waals surface area (Å²) in [6.45, 7) is 27.2. The average molecular weight is 542 g/mol. The molecule has 0 fully saturated rings. The molecular formula is C34H56FNOSi. The molecule has 0 radical (unpaired) electrons. The van der Waals surface area contributed by atoms with Crippen molar-refractivity contribution in [3.8, 4) is 11.1 Å². The predicted octanol–water partition coefficient (Wildman–Crippen LogP) is 11.1. The van der Waals surface area contributed by atoms with Gasteiger partial charge >= 0.3 is 0 Å². The summed E-state index contributed by atoms with van der Waals surface area (Å²) in [5.41, 5.74) is 8.62. The summed E-state index contributed by atoms with van der Waals surface area (Å²) in [7, 11) is -1.96. The lowest BCUT2D eigenvalue weighted by molar-refractivity contribution is 0.274. The second-order valence-electron chi connectivity index (χ2n) is 13.3. The minimum absolute atomic E-state index is 0.0654. The largest absolute Gasteiger partial charge is 0.412 e. The summed E-state index contributed by atoms with van der Waals surface area (Å²) in [4.78, 5) is 5.37. The Labute approximate surface area is 235 Å². The molecule has 1 heterocycles. The topological polar surface area (TPSA) is 22.1 Å². The summed E-state index contributed by atoms with van der Waals surface area (Å²) in [6.07, 6.45) is 4.53. The van der Waals surface area contributed by atoms with Gasteiger partial charge in [0.05, 0.1) is 6.61 Å². The molecule has 1 aromatic carbocycles. The minimum atomic E-state index is -1.96. The van der Waals surface area contributed by atoms with Crippen molar-refractivity contribution in [2.45, 2.75) is 150 Å². The first kappa shape index (κ1) is 32.7. The van der Waals surface area contributed by atoms with Crippen LogP contribution in [0.2, 0.25) is 18.1 Å². The van der Waals surface area contributed by atoms with E-state index in [4.69, 9.17) is 9.41 Å². The maximum Gasteiger partial charge on any atom is 0.192 e. The summed E-state index contributed by atoms with van der Waals surface area (Å²) >= 11 is 0. The molecule has 2 atom stereocenters. The highest BCUT2D eigenvalue weighted by Crippen LogP contribution is 2.41. The fourth-order valence-electron chi connectivity index (χ4n) is 5.15. The third kappa shape index (κ3) is 7.78. The van der Waals surface area contributed by atoms with Crippen LogP contribution in [0, 0.1) is 0 Å². The van der Waals surface area contributed by atoms with Crippen molar-refractivity contribution in [1.29, 1.82) is 0 Å². The quantitative estimate of drug-likeness (QED) is 0.186. The van der Waals surface area contributed by atoms with Gasteiger partial charge < -0.3 is 4.43 Å². The Morgan fingerprint density at radius 3 is 1.87 bits per heavy atom. The highest BCUT2D eigenvalue weighted by molar-refractivity contribution is 6.74. The van der Waals surface area contributed by atoms with E-state index in [1.165, 1.54) is 40.8 Å². The van der Waals surface area contributed by atoms with Crippen molar-refractivity contribution in [1.82, 2.24) is 4.98 Å². The van der Waals surface area contributed by atoms with Crippen LogP contribution in [0.15, 0.2) is 24.3 Å². The monoisotopic (exact) mass is 541 g/mol. The number of unbranched alkanes of at least 4 members (excludes halogenated alkanes) is 2. The Hall–Kier alpha value is -1.52. The molecule has 2 unspecified atom stereocenters. The fourth-order valence-corrected chi connectivity index (χ4v) is 6.09. The number of hydrogen-bond acceptors (Lipinski definition) is 2. The van der Waals surface area contributed by atoms with Crippen molar-refractivity contribution in [3.05, 3.63) is 52.3 Å². The molecule has 0 saturated heterocycles. The first-order chi connectivity index (χ1) is 17.7. The molecule has 2 aromatic rings. The van der Waals surface area contributed by atoms with Crippen LogP contribution in [0.5, 0.6) is 0 Å². The molecule has 0 N–H and O–H groups in total. The lowest BCUT2D eigenvalue weighted by Crippen LogP contribution is -2.40. The molecule has 0 aliphatic rings. The second-order valence-corrected chi connectivity index (χ2v) is 18.2. The van der Waals surface area contributed by atoms with E-state index in [9.17, 15) is 4.39 Å². The number of nitrogens with zero attached hydrogens (tertiary/aromatic N) is 1. The van der Waals surface area contributed by atoms with Crippen LogP contribution in [-0.2, 0) is 17.5 Å². The molecule has 0 aliphatic carbocycles. The summed E-state index contributed by atoms with van der Waals surface area (Å²) in [5, 5.41) is 0.139. The normalized spacial score (nSPS) is 14.4. The molecule has 1 aromatic heterocycles. The molecule has 2 nitrogen and oxygen atoms in total. The molecular weight excluding hydrogens is 485 g/mol. The zero-order valence-corrected chi connectivity index (χ0v) is 27.6. The van der Waals surface area contributed by atoms with Gasteiger partial charge in [-0.15, -0.1) is 0 Å². The summed E-state index contributed by atoms with van der Waals surface area (Å²) < 4.78 is 21.2. The van der Waals surface area contributed by atoms with Gasteiger partial charge in [0.25, 0.3) is 0 Å². The first-order valence-electron chi connectivity index (χ1n) is 15.1. The van der Waals surface area contributed by atoms with Crippen molar-refractivity contribution in [3.63, 3.8) is 0 Å². The minimum Gasteiger partial charge on any atom is -0.412 e. The van der Waals surface area contributed by atoms with Gasteiger partial charge in [0.15, 0.2) is 8.32 Å². The molecule has 4 heteroatoms.